The van der Waals surface area contributed by atoms with Gasteiger partial charge in [-0.2, -0.15) is 0 Å². The Labute approximate surface area is 129 Å². The van der Waals surface area contributed by atoms with Gasteiger partial charge in [-0.25, -0.2) is 0 Å². The van der Waals surface area contributed by atoms with Crippen LogP contribution in [0.3, 0.4) is 0 Å². The van der Waals surface area contributed by atoms with Crippen LogP contribution in [0.15, 0.2) is 24.3 Å². The van der Waals surface area contributed by atoms with Crippen LogP contribution in [0.4, 0.5) is 0 Å². The average molecular weight is 291 g/mol. The van der Waals surface area contributed by atoms with Crippen LogP contribution >= 0.6 is 0 Å². The van der Waals surface area contributed by atoms with Crippen LogP contribution in [-0.2, 0) is 4.74 Å². The molecule has 2 atom stereocenters. The highest BCUT2D eigenvalue weighted by Crippen LogP contribution is 2.30. The van der Waals surface area contributed by atoms with Gasteiger partial charge in [0.2, 0.25) is 0 Å². The van der Waals surface area contributed by atoms with Crippen molar-refractivity contribution in [3.63, 3.8) is 0 Å². The van der Waals surface area contributed by atoms with Gasteiger partial charge in [0.25, 0.3) is 0 Å². The molecule has 0 amide bonds. The lowest BCUT2D eigenvalue weighted by Crippen LogP contribution is -2.32. The predicted molar refractivity (Wildman–Crippen MR) is 86.8 cm³/mol. The second-order valence-corrected chi connectivity index (χ2v) is 5.97. The SMILES string of the molecule is CCNC(c1ccc(OC)cc1)C(C)OCCC1CCC1. The van der Waals surface area contributed by atoms with Crippen LogP contribution in [0, 0.1) is 5.92 Å². The molecule has 0 saturated heterocycles. The van der Waals surface area contributed by atoms with Crippen LogP contribution in [0.1, 0.15) is 51.1 Å². The van der Waals surface area contributed by atoms with Crippen molar-refractivity contribution in [2.45, 2.75) is 51.7 Å². The lowest BCUT2D eigenvalue weighted by molar-refractivity contribution is 0.0255. The summed E-state index contributed by atoms with van der Waals surface area (Å²) in [6.07, 6.45) is 5.59. The number of nitrogens with one attached hydrogen (secondary N) is 1. The summed E-state index contributed by atoms with van der Waals surface area (Å²) in [6, 6.07) is 8.51. The van der Waals surface area contributed by atoms with E-state index < -0.39 is 0 Å². The molecule has 0 heterocycles. The Morgan fingerprint density at radius 1 is 1.24 bits per heavy atom. The Bertz CT molecular complexity index is 400. The minimum Gasteiger partial charge on any atom is -0.497 e. The Hall–Kier alpha value is -1.06. The number of hydrogen-bond donors (Lipinski definition) is 1. The standard InChI is InChI=1S/C18H29NO2/c1-4-19-18(16-8-10-17(20-3)11-9-16)14(2)21-13-12-15-6-5-7-15/h8-11,14-15,18-19H,4-7,12-13H2,1-3H3. The maximum Gasteiger partial charge on any atom is 0.118 e. The van der Waals surface area contributed by atoms with Crippen molar-refractivity contribution in [1.29, 1.82) is 0 Å². The van der Waals surface area contributed by atoms with Gasteiger partial charge < -0.3 is 14.8 Å². The topological polar surface area (TPSA) is 30.5 Å². The number of rotatable bonds is 9. The van der Waals surface area contributed by atoms with E-state index in [1.165, 1.54) is 31.2 Å². The molecule has 3 nitrogen and oxygen atoms in total. The van der Waals surface area contributed by atoms with E-state index in [1.807, 2.05) is 12.1 Å². The lowest BCUT2D eigenvalue weighted by Gasteiger charge is -2.28. The molecule has 2 unspecified atom stereocenters. The van der Waals surface area contributed by atoms with Gasteiger partial charge in [-0.15, -0.1) is 0 Å². The van der Waals surface area contributed by atoms with Gasteiger partial charge in [0.1, 0.15) is 5.75 Å². The van der Waals surface area contributed by atoms with Crippen molar-refractivity contribution in [2.24, 2.45) is 5.92 Å². The highest BCUT2D eigenvalue weighted by molar-refractivity contribution is 5.29. The first-order chi connectivity index (χ1) is 10.2. The first-order valence-corrected chi connectivity index (χ1v) is 8.23. The van der Waals surface area contributed by atoms with Gasteiger partial charge in [0, 0.05) is 6.61 Å². The van der Waals surface area contributed by atoms with Gasteiger partial charge in [-0.05, 0) is 43.5 Å². The van der Waals surface area contributed by atoms with Crippen LogP contribution in [0.5, 0.6) is 5.75 Å². The van der Waals surface area contributed by atoms with E-state index in [9.17, 15) is 0 Å². The predicted octanol–water partition coefficient (Wildman–Crippen LogP) is 3.94. The van der Waals surface area contributed by atoms with E-state index in [0.29, 0.717) is 0 Å². The normalized spacial score (nSPS) is 18.0. The maximum atomic E-state index is 6.08. The second-order valence-electron chi connectivity index (χ2n) is 5.97. The number of ether oxygens (including phenoxy) is 2. The number of likely N-dealkylation sites (N-methyl/N-ethyl adjacent to an activating group) is 1. The van der Waals surface area contributed by atoms with E-state index in [1.54, 1.807) is 7.11 Å². The fraction of sp³-hybridized carbons (Fsp3) is 0.667. The Morgan fingerprint density at radius 3 is 2.48 bits per heavy atom. The Kier molecular flexibility index (Phi) is 6.52. The molecule has 0 bridgehead atoms. The molecule has 1 aromatic carbocycles. The molecule has 1 saturated carbocycles. The summed E-state index contributed by atoms with van der Waals surface area (Å²) < 4.78 is 11.3. The first-order valence-electron chi connectivity index (χ1n) is 8.23. The quantitative estimate of drug-likeness (QED) is 0.747. The van der Waals surface area contributed by atoms with E-state index in [0.717, 1.165) is 24.8 Å². The molecular formula is C18H29NO2. The third-order valence-corrected chi connectivity index (χ3v) is 4.50. The molecule has 0 aromatic heterocycles. The zero-order chi connectivity index (χ0) is 15.1. The Morgan fingerprint density at radius 2 is 1.95 bits per heavy atom. The summed E-state index contributed by atoms with van der Waals surface area (Å²) in [5.41, 5.74) is 1.26. The first kappa shape index (κ1) is 16.3. The van der Waals surface area contributed by atoms with Crippen molar-refractivity contribution in [1.82, 2.24) is 5.32 Å². The van der Waals surface area contributed by atoms with Crippen molar-refractivity contribution in [2.75, 3.05) is 20.3 Å². The molecule has 21 heavy (non-hydrogen) atoms. The molecule has 1 aliphatic rings. The van der Waals surface area contributed by atoms with Crippen LogP contribution in [-0.4, -0.2) is 26.4 Å². The van der Waals surface area contributed by atoms with Gasteiger partial charge in [0.05, 0.1) is 19.3 Å². The second kappa shape index (κ2) is 8.40. The maximum absolute atomic E-state index is 6.08. The zero-order valence-electron chi connectivity index (χ0n) is 13.6. The van der Waals surface area contributed by atoms with Crippen LogP contribution in [0.2, 0.25) is 0 Å². The largest absolute Gasteiger partial charge is 0.497 e. The smallest absolute Gasteiger partial charge is 0.118 e. The third-order valence-electron chi connectivity index (χ3n) is 4.50. The van der Waals surface area contributed by atoms with Gasteiger partial charge >= 0.3 is 0 Å². The third kappa shape index (κ3) is 4.72. The summed E-state index contributed by atoms with van der Waals surface area (Å²) in [5.74, 6) is 1.81. The summed E-state index contributed by atoms with van der Waals surface area (Å²) >= 11 is 0. The lowest BCUT2D eigenvalue weighted by atomic mass is 9.83. The van der Waals surface area contributed by atoms with E-state index in [-0.39, 0.29) is 12.1 Å². The summed E-state index contributed by atoms with van der Waals surface area (Å²) in [5, 5.41) is 3.54. The van der Waals surface area contributed by atoms with Crippen LogP contribution in [0.25, 0.3) is 0 Å². The molecule has 2 rings (SSSR count). The van der Waals surface area contributed by atoms with Gasteiger partial charge in [0.15, 0.2) is 0 Å². The minimum absolute atomic E-state index is 0.179. The fourth-order valence-corrected chi connectivity index (χ4v) is 2.88. The van der Waals surface area contributed by atoms with Crippen molar-refractivity contribution >= 4 is 0 Å². The molecule has 0 spiro atoms. The molecule has 3 heteroatoms. The molecule has 1 fully saturated rings. The Balaban J connectivity index is 1.88. The molecule has 1 aromatic rings. The molecule has 1 N–H and O–H groups in total. The summed E-state index contributed by atoms with van der Waals surface area (Å²) in [7, 11) is 1.70. The van der Waals surface area contributed by atoms with E-state index >= 15 is 0 Å². The molecule has 118 valence electrons. The number of methoxy groups -OCH3 is 1. The van der Waals surface area contributed by atoms with E-state index in [2.05, 4.69) is 31.3 Å². The van der Waals surface area contributed by atoms with Gasteiger partial charge in [-0.3, -0.25) is 0 Å². The highest BCUT2D eigenvalue weighted by Gasteiger charge is 2.21. The average Bonchev–Trinajstić information content (AvgIpc) is 2.47. The zero-order valence-corrected chi connectivity index (χ0v) is 13.6. The molecular weight excluding hydrogens is 262 g/mol. The number of benzene rings is 1. The summed E-state index contributed by atoms with van der Waals surface area (Å²) in [6.45, 7) is 6.12. The van der Waals surface area contributed by atoms with Crippen molar-refractivity contribution < 1.29 is 9.47 Å². The van der Waals surface area contributed by atoms with Crippen LogP contribution < -0.4 is 10.1 Å². The molecule has 1 aliphatic carbocycles. The van der Waals surface area contributed by atoms with E-state index in [4.69, 9.17) is 9.47 Å². The van der Waals surface area contributed by atoms with Crippen molar-refractivity contribution in [3.8, 4) is 5.75 Å². The monoisotopic (exact) mass is 291 g/mol. The van der Waals surface area contributed by atoms with Crippen molar-refractivity contribution in [3.05, 3.63) is 29.8 Å². The molecule has 0 radical (unpaired) electrons. The highest BCUT2D eigenvalue weighted by atomic mass is 16.5. The summed E-state index contributed by atoms with van der Waals surface area (Å²) in [4.78, 5) is 0. The number of hydrogen-bond acceptors (Lipinski definition) is 3. The fourth-order valence-electron chi connectivity index (χ4n) is 2.88. The van der Waals surface area contributed by atoms with Gasteiger partial charge in [-0.1, -0.05) is 38.3 Å². The minimum atomic E-state index is 0.179. The molecule has 0 aliphatic heterocycles.